The average Bonchev–Trinajstić information content (AvgIpc) is 2.45. The molecule has 0 fully saturated rings. The summed E-state index contributed by atoms with van der Waals surface area (Å²) in [5, 5.41) is 4.00. The summed E-state index contributed by atoms with van der Waals surface area (Å²) in [5.74, 6) is 0. The van der Waals surface area contributed by atoms with Crippen molar-refractivity contribution in [3.63, 3.8) is 0 Å². The largest absolute Gasteiger partial charge is 0.389 e. The van der Waals surface area contributed by atoms with E-state index in [1.165, 1.54) is 11.1 Å². The highest BCUT2D eigenvalue weighted by atomic mass is 35.5. The highest BCUT2D eigenvalue weighted by Crippen LogP contribution is 2.22. The topological polar surface area (TPSA) is 38.0 Å². The van der Waals surface area contributed by atoms with Crippen molar-refractivity contribution in [3.05, 3.63) is 64.2 Å². The molecule has 2 aromatic rings. The highest BCUT2D eigenvalue weighted by Gasteiger charge is 2.06. The van der Waals surface area contributed by atoms with Gasteiger partial charge >= 0.3 is 0 Å². The van der Waals surface area contributed by atoms with E-state index in [1.807, 2.05) is 12.1 Å². The molecule has 0 atom stereocenters. The number of rotatable bonds is 5. The fourth-order valence-corrected chi connectivity index (χ4v) is 2.32. The first-order chi connectivity index (χ1) is 9.60. The summed E-state index contributed by atoms with van der Waals surface area (Å²) in [5.41, 5.74) is 9.94. The third-order valence-corrected chi connectivity index (χ3v) is 3.62. The third-order valence-electron chi connectivity index (χ3n) is 3.16. The van der Waals surface area contributed by atoms with Crippen molar-refractivity contribution < 1.29 is 0 Å². The summed E-state index contributed by atoms with van der Waals surface area (Å²) in [6.07, 6.45) is 1.05. The molecule has 0 unspecified atom stereocenters. The van der Waals surface area contributed by atoms with Crippen molar-refractivity contribution in [1.82, 2.24) is 0 Å². The van der Waals surface area contributed by atoms with E-state index in [4.69, 9.17) is 29.6 Å². The number of thiocarbonyl (C=S) groups is 1. The van der Waals surface area contributed by atoms with E-state index in [-0.39, 0.29) is 0 Å². The van der Waals surface area contributed by atoms with Gasteiger partial charge in [-0.3, -0.25) is 0 Å². The van der Waals surface area contributed by atoms with Crippen molar-refractivity contribution in [1.29, 1.82) is 0 Å². The standard InChI is InChI=1S/C16H17ClN2S/c1-2-11-3-5-12(6-4-11)10-19-15-9-13(17)7-8-14(15)16(18)20/h3-9,19H,2,10H2,1H3,(H2,18,20). The fourth-order valence-electron chi connectivity index (χ4n) is 1.97. The number of halogens is 1. The van der Waals surface area contributed by atoms with E-state index < -0.39 is 0 Å². The molecule has 0 radical (unpaired) electrons. The predicted octanol–water partition coefficient (Wildman–Crippen LogP) is 4.15. The van der Waals surface area contributed by atoms with Gasteiger partial charge in [0, 0.05) is 22.8 Å². The Kier molecular flexibility index (Phi) is 4.99. The van der Waals surface area contributed by atoms with Gasteiger partial charge in [0.1, 0.15) is 4.99 Å². The van der Waals surface area contributed by atoms with Crippen LogP contribution in [0.1, 0.15) is 23.6 Å². The summed E-state index contributed by atoms with van der Waals surface area (Å²) in [6.45, 7) is 2.85. The van der Waals surface area contributed by atoms with Crippen LogP contribution in [0.2, 0.25) is 5.02 Å². The van der Waals surface area contributed by atoms with Gasteiger partial charge in [-0.2, -0.15) is 0 Å². The second kappa shape index (κ2) is 6.73. The molecule has 3 N–H and O–H groups in total. The molecule has 0 bridgehead atoms. The molecule has 2 rings (SSSR count). The monoisotopic (exact) mass is 304 g/mol. The Balaban J connectivity index is 2.13. The van der Waals surface area contributed by atoms with Gasteiger partial charge < -0.3 is 11.1 Å². The maximum absolute atomic E-state index is 6.02. The molecule has 0 aliphatic carbocycles. The van der Waals surface area contributed by atoms with Crippen LogP contribution in [0.3, 0.4) is 0 Å². The average molecular weight is 305 g/mol. The lowest BCUT2D eigenvalue weighted by Crippen LogP contribution is -2.13. The second-order valence-electron chi connectivity index (χ2n) is 4.58. The van der Waals surface area contributed by atoms with Gasteiger partial charge in [-0.1, -0.05) is 55.0 Å². The summed E-state index contributed by atoms with van der Waals surface area (Å²) in [4.78, 5) is 0.366. The van der Waals surface area contributed by atoms with Crippen LogP contribution in [0.15, 0.2) is 42.5 Å². The quantitative estimate of drug-likeness (QED) is 0.815. The lowest BCUT2D eigenvalue weighted by molar-refractivity contribution is 1.10. The number of hydrogen-bond donors (Lipinski definition) is 2. The van der Waals surface area contributed by atoms with E-state index >= 15 is 0 Å². The fraction of sp³-hybridized carbons (Fsp3) is 0.188. The molecular formula is C16H17ClN2S. The van der Waals surface area contributed by atoms with Crippen LogP contribution in [0, 0.1) is 0 Å². The molecule has 0 amide bonds. The molecule has 0 saturated carbocycles. The minimum Gasteiger partial charge on any atom is -0.389 e. The molecular weight excluding hydrogens is 288 g/mol. The Morgan fingerprint density at radius 3 is 2.40 bits per heavy atom. The zero-order valence-electron chi connectivity index (χ0n) is 11.3. The van der Waals surface area contributed by atoms with Crippen LogP contribution in [0.5, 0.6) is 0 Å². The number of nitrogens with two attached hydrogens (primary N) is 1. The lowest BCUT2D eigenvalue weighted by Gasteiger charge is -2.12. The van der Waals surface area contributed by atoms with Crippen molar-refractivity contribution in [2.24, 2.45) is 5.73 Å². The number of aryl methyl sites for hydroxylation is 1. The summed E-state index contributed by atoms with van der Waals surface area (Å²) in [7, 11) is 0. The molecule has 4 heteroatoms. The number of benzene rings is 2. The van der Waals surface area contributed by atoms with Gasteiger partial charge in [-0.25, -0.2) is 0 Å². The Hall–Kier alpha value is -1.58. The SMILES string of the molecule is CCc1ccc(CNc2cc(Cl)ccc2C(N)=S)cc1. The molecule has 0 aliphatic rings. The zero-order chi connectivity index (χ0) is 14.5. The molecule has 104 valence electrons. The van der Waals surface area contributed by atoms with Gasteiger partial charge in [-0.05, 0) is 35.7 Å². The van der Waals surface area contributed by atoms with Crippen LogP contribution in [-0.2, 0) is 13.0 Å². The maximum atomic E-state index is 6.02. The Bertz CT molecular complexity index is 608. The van der Waals surface area contributed by atoms with E-state index in [0.717, 1.165) is 17.7 Å². The second-order valence-corrected chi connectivity index (χ2v) is 5.45. The smallest absolute Gasteiger partial charge is 0.106 e. The van der Waals surface area contributed by atoms with E-state index in [0.29, 0.717) is 16.6 Å². The normalized spacial score (nSPS) is 10.3. The predicted molar refractivity (Wildman–Crippen MR) is 90.5 cm³/mol. The minimum absolute atomic E-state index is 0.366. The number of anilines is 1. The Morgan fingerprint density at radius 2 is 1.80 bits per heavy atom. The summed E-state index contributed by atoms with van der Waals surface area (Å²) >= 11 is 11.1. The molecule has 0 aliphatic heterocycles. The molecule has 0 aromatic heterocycles. The molecule has 20 heavy (non-hydrogen) atoms. The van der Waals surface area contributed by atoms with Crippen LogP contribution >= 0.6 is 23.8 Å². The van der Waals surface area contributed by atoms with E-state index in [9.17, 15) is 0 Å². The zero-order valence-corrected chi connectivity index (χ0v) is 12.9. The van der Waals surface area contributed by atoms with Crippen LogP contribution in [0.25, 0.3) is 0 Å². The Morgan fingerprint density at radius 1 is 1.15 bits per heavy atom. The highest BCUT2D eigenvalue weighted by molar-refractivity contribution is 7.80. The molecule has 0 saturated heterocycles. The molecule has 2 nitrogen and oxygen atoms in total. The first-order valence-corrected chi connectivity index (χ1v) is 7.30. The first-order valence-electron chi connectivity index (χ1n) is 6.51. The van der Waals surface area contributed by atoms with Crippen LogP contribution < -0.4 is 11.1 Å². The number of hydrogen-bond acceptors (Lipinski definition) is 2. The first kappa shape index (κ1) is 14.8. The van der Waals surface area contributed by atoms with Gasteiger partial charge in [0.2, 0.25) is 0 Å². The molecule has 0 spiro atoms. The van der Waals surface area contributed by atoms with Crippen molar-refractivity contribution in [3.8, 4) is 0 Å². The Labute approximate surface area is 130 Å². The lowest BCUT2D eigenvalue weighted by atomic mass is 10.1. The number of nitrogens with one attached hydrogen (secondary N) is 1. The van der Waals surface area contributed by atoms with Crippen molar-refractivity contribution >= 4 is 34.5 Å². The molecule has 2 aromatic carbocycles. The van der Waals surface area contributed by atoms with Gasteiger partial charge in [-0.15, -0.1) is 0 Å². The van der Waals surface area contributed by atoms with Crippen molar-refractivity contribution in [2.75, 3.05) is 5.32 Å². The van der Waals surface area contributed by atoms with Crippen LogP contribution in [0.4, 0.5) is 5.69 Å². The van der Waals surface area contributed by atoms with Crippen molar-refractivity contribution in [2.45, 2.75) is 19.9 Å². The maximum Gasteiger partial charge on any atom is 0.106 e. The summed E-state index contributed by atoms with van der Waals surface area (Å²) in [6, 6.07) is 14.0. The van der Waals surface area contributed by atoms with Gasteiger partial charge in [0.05, 0.1) is 0 Å². The summed E-state index contributed by atoms with van der Waals surface area (Å²) < 4.78 is 0. The van der Waals surface area contributed by atoms with Crippen LogP contribution in [-0.4, -0.2) is 4.99 Å². The molecule has 0 heterocycles. The van der Waals surface area contributed by atoms with Gasteiger partial charge in [0.15, 0.2) is 0 Å². The van der Waals surface area contributed by atoms with E-state index in [1.54, 1.807) is 6.07 Å². The minimum atomic E-state index is 0.366. The third kappa shape index (κ3) is 3.71. The van der Waals surface area contributed by atoms with Gasteiger partial charge in [0.25, 0.3) is 0 Å². The van der Waals surface area contributed by atoms with E-state index in [2.05, 4.69) is 36.5 Å².